The van der Waals surface area contributed by atoms with E-state index in [4.69, 9.17) is 0 Å². The maximum absolute atomic E-state index is 11.8. The van der Waals surface area contributed by atoms with Gasteiger partial charge in [-0.05, 0) is 40.9 Å². The fraction of sp³-hybridized carbons (Fsp3) is 0.625. The molecule has 0 saturated heterocycles. The van der Waals surface area contributed by atoms with Gasteiger partial charge in [-0.3, -0.25) is 4.21 Å². The first-order valence-corrected chi connectivity index (χ1v) is 10.00. The van der Waals surface area contributed by atoms with Crippen LogP contribution in [0.25, 0.3) is 0 Å². The molecule has 1 N–H and O–H groups in total. The number of hydrogen-bond acceptors (Lipinski definition) is 4. The first kappa shape index (κ1) is 20.3. The van der Waals surface area contributed by atoms with Crippen molar-refractivity contribution in [1.29, 1.82) is 0 Å². The Labute approximate surface area is 142 Å². The van der Waals surface area contributed by atoms with Gasteiger partial charge in [-0.25, -0.2) is 8.42 Å². The standard InChI is InChI=1S/C16H27NO4S2/c1-15(2,3)11-14(16(4,5)6)12-7-9-13(10-8-12)23(20,21)17-22(18)19/h7-10,14,17H,11H2,1-6H3,(H,18,19)/p-1/t14-/m1/s1. The predicted molar refractivity (Wildman–Crippen MR) is 92.0 cm³/mol. The molecular formula is C16H26NO4S2-. The molecular weight excluding hydrogens is 334 g/mol. The maximum atomic E-state index is 11.8. The minimum atomic E-state index is -4.04. The molecule has 0 amide bonds. The molecule has 1 aromatic rings. The highest BCUT2D eigenvalue weighted by Crippen LogP contribution is 2.43. The zero-order valence-electron chi connectivity index (χ0n) is 14.5. The highest BCUT2D eigenvalue weighted by Gasteiger charge is 2.30. The number of benzene rings is 1. The lowest BCUT2D eigenvalue weighted by Crippen LogP contribution is -2.26. The Bertz CT molecular complexity index is 653. The lowest BCUT2D eigenvalue weighted by Gasteiger charge is -2.36. The van der Waals surface area contributed by atoms with E-state index >= 15 is 0 Å². The first-order chi connectivity index (χ1) is 10.2. The Morgan fingerprint density at radius 2 is 1.57 bits per heavy atom. The van der Waals surface area contributed by atoms with Crippen LogP contribution in [0.15, 0.2) is 29.2 Å². The normalized spacial score (nSPS) is 16.1. The second-order valence-electron chi connectivity index (χ2n) is 8.07. The Morgan fingerprint density at radius 1 is 1.09 bits per heavy atom. The zero-order chi connectivity index (χ0) is 18.1. The van der Waals surface area contributed by atoms with Gasteiger partial charge in [-0.2, -0.15) is 0 Å². The second-order valence-corrected chi connectivity index (χ2v) is 10.7. The summed E-state index contributed by atoms with van der Waals surface area (Å²) in [5.74, 6) is 0.265. The van der Waals surface area contributed by atoms with Crippen LogP contribution in [-0.2, 0) is 21.3 Å². The lowest BCUT2D eigenvalue weighted by molar-refractivity contribution is 0.229. The molecule has 2 atom stereocenters. The quantitative estimate of drug-likeness (QED) is 0.816. The highest BCUT2D eigenvalue weighted by atomic mass is 32.3. The minimum Gasteiger partial charge on any atom is -0.759 e. The highest BCUT2D eigenvalue weighted by molar-refractivity contribution is 8.00. The van der Waals surface area contributed by atoms with Crippen LogP contribution in [0, 0.1) is 10.8 Å². The summed E-state index contributed by atoms with van der Waals surface area (Å²) in [6, 6.07) is 6.44. The molecule has 0 heterocycles. The molecule has 1 aromatic carbocycles. The number of nitrogens with one attached hydrogen (secondary N) is 1. The summed E-state index contributed by atoms with van der Waals surface area (Å²) in [5.41, 5.74) is 1.22. The van der Waals surface area contributed by atoms with E-state index in [-0.39, 0.29) is 21.6 Å². The topological polar surface area (TPSA) is 86.3 Å². The van der Waals surface area contributed by atoms with Gasteiger partial charge >= 0.3 is 0 Å². The van der Waals surface area contributed by atoms with Gasteiger partial charge in [0, 0.05) is 11.3 Å². The van der Waals surface area contributed by atoms with E-state index in [9.17, 15) is 17.2 Å². The Hall–Kier alpha value is -0.760. The Kier molecular flexibility index (Phi) is 6.18. The number of sulfonamides is 1. The van der Waals surface area contributed by atoms with Gasteiger partial charge in [0.1, 0.15) is 0 Å². The van der Waals surface area contributed by atoms with Crippen LogP contribution < -0.4 is 4.13 Å². The van der Waals surface area contributed by atoms with Gasteiger partial charge in [-0.1, -0.05) is 53.7 Å². The fourth-order valence-electron chi connectivity index (χ4n) is 2.55. The summed E-state index contributed by atoms with van der Waals surface area (Å²) >= 11 is -2.87. The van der Waals surface area contributed by atoms with Crippen molar-refractivity contribution in [2.75, 3.05) is 0 Å². The zero-order valence-corrected chi connectivity index (χ0v) is 16.2. The number of hydrogen-bond donors (Lipinski definition) is 1. The molecule has 0 aromatic heterocycles. The molecule has 0 radical (unpaired) electrons. The van der Waals surface area contributed by atoms with Crippen molar-refractivity contribution in [1.82, 2.24) is 4.13 Å². The van der Waals surface area contributed by atoms with E-state index in [2.05, 4.69) is 41.5 Å². The van der Waals surface area contributed by atoms with E-state index in [1.165, 1.54) is 12.1 Å². The van der Waals surface area contributed by atoms with Crippen molar-refractivity contribution < 1.29 is 17.2 Å². The molecule has 23 heavy (non-hydrogen) atoms. The van der Waals surface area contributed by atoms with E-state index in [1.54, 1.807) is 16.3 Å². The largest absolute Gasteiger partial charge is 0.759 e. The van der Waals surface area contributed by atoms with E-state index in [1.807, 2.05) is 0 Å². The molecule has 132 valence electrons. The molecule has 7 heteroatoms. The van der Waals surface area contributed by atoms with Crippen molar-refractivity contribution in [2.45, 2.75) is 58.8 Å². The number of rotatable bonds is 5. The smallest absolute Gasteiger partial charge is 0.250 e. The SMILES string of the molecule is CC(C)(C)C[C@H](c1ccc(S(=O)(=O)NS(=O)[O-])cc1)C(C)(C)C. The summed E-state index contributed by atoms with van der Waals surface area (Å²) in [6.07, 6.45) is 0.964. The Balaban J connectivity index is 3.16. The summed E-state index contributed by atoms with van der Waals surface area (Å²) in [7, 11) is -4.04. The Morgan fingerprint density at radius 3 is 1.91 bits per heavy atom. The molecule has 0 aliphatic rings. The van der Waals surface area contributed by atoms with Gasteiger partial charge in [0.15, 0.2) is 0 Å². The van der Waals surface area contributed by atoms with Crippen molar-refractivity contribution in [2.24, 2.45) is 10.8 Å². The van der Waals surface area contributed by atoms with Crippen LogP contribution in [0.4, 0.5) is 0 Å². The van der Waals surface area contributed by atoms with Crippen molar-refractivity contribution in [3.63, 3.8) is 0 Å². The molecule has 0 aliphatic carbocycles. The van der Waals surface area contributed by atoms with Crippen LogP contribution in [-0.4, -0.2) is 17.2 Å². The fourth-order valence-corrected chi connectivity index (χ4v) is 4.15. The van der Waals surface area contributed by atoms with Gasteiger partial charge in [0.2, 0.25) is 0 Å². The first-order valence-electron chi connectivity index (χ1n) is 7.44. The van der Waals surface area contributed by atoms with Crippen molar-refractivity contribution in [3.8, 4) is 0 Å². The third-order valence-corrected chi connectivity index (χ3v) is 5.95. The average Bonchev–Trinajstić information content (AvgIpc) is 2.32. The minimum absolute atomic E-state index is 0.0302. The predicted octanol–water partition coefficient (Wildman–Crippen LogP) is 3.32. The summed E-state index contributed by atoms with van der Waals surface area (Å²) < 4.78 is 46.4. The summed E-state index contributed by atoms with van der Waals surface area (Å²) in [4.78, 5) is -0.0612. The van der Waals surface area contributed by atoms with E-state index in [0.717, 1.165) is 12.0 Å². The van der Waals surface area contributed by atoms with Crippen LogP contribution >= 0.6 is 0 Å². The molecule has 0 fully saturated rings. The van der Waals surface area contributed by atoms with E-state index in [0.29, 0.717) is 0 Å². The molecule has 0 bridgehead atoms. The monoisotopic (exact) mass is 360 g/mol. The average molecular weight is 361 g/mol. The van der Waals surface area contributed by atoms with Crippen LogP contribution in [0.3, 0.4) is 0 Å². The van der Waals surface area contributed by atoms with E-state index < -0.39 is 21.3 Å². The van der Waals surface area contributed by atoms with Gasteiger partial charge in [0.05, 0.1) is 4.90 Å². The molecule has 0 saturated carbocycles. The molecule has 5 nitrogen and oxygen atoms in total. The van der Waals surface area contributed by atoms with Crippen LogP contribution in [0.5, 0.6) is 0 Å². The van der Waals surface area contributed by atoms with Crippen LogP contribution in [0.2, 0.25) is 0 Å². The molecule has 1 unspecified atom stereocenters. The maximum Gasteiger partial charge on any atom is 0.250 e. The second kappa shape index (κ2) is 7.01. The summed E-state index contributed by atoms with van der Waals surface area (Å²) in [5, 5.41) is 0. The van der Waals surface area contributed by atoms with Crippen LogP contribution in [0.1, 0.15) is 59.4 Å². The third-order valence-electron chi connectivity index (χ3n) is 3.63. The molecule has 0 aliphatic heterocycles. The van der Waals surface area contributed by atoms with Gasteiger partial charge in [-0.15, -0.1) is 4.13 Å². The lowest BCUT2D eigenvalue weighted by atomic mass is 9.69. The van der Waals surface area contributed by atoms with Gasteiger partial charge in [0.25, 0.3) is 10.0 Å². The molecule has 0 spiro atoms. The summed E-state index contributed by atoms with van der Waals surface area (Å²) in [6.45, 7) is 13.0. The van der Waals surface area contributed by atoms with Crippen molar-refractivity contribution in [3.05, 3.63) is 29.8 Å². The van der Waals surface area contributed by atoms with Gasteiger partial charge < -0.3 is 4.55 Å². The third kappa shape index (κ3) is 6.33. The van der Waals surface area contributed by atoms with Crippen molar-refractivity contribution >= 4 is 21.3 Å². The molecule has 1 rings (SSSR count).